The highest BCUT2D eigenvalue weighted by Gasteiger charge is 2.28. The summed E-state index contributed by atoms with van der Waals surface area (Å²) in [5.41, 5.74) is 0.970. The first-order chi connectivity index (χ1) is 12.2. The van der Waals surface area contributed by atoms with E-state index in [-0.39, 0.29) is 23.7 Å². The number of nitrogens with zero attached hydrogens (tertiary/aromatic N) is 4. The van der Waals surface area contributed by atoms with Gasteiger partial charge in [0.25, 0.3) is 5.69 Å². The Morgan fingerprint density at radius 3 is 2.50 bits per heavy atom. The summed E-state index contributed by atoms with van der Waals surface area (Å²) < 4.78 is 27.7. The average molecular weight is 378 g/mol. The molecule has 9 heteroatoms. The third-order valence-corrected chi connectivity index (χ3v) is 5.87. The van der Waals surface area contributed by atoms with Crippen LogP contribution in [0.1, 0.15) is 11.1 Å². The van der Waals surface area contributed by atoms with Crippen molar-refractivity contribution >= 4 is 15.7 Å². The zero-order chi connectivity index (χ0) is 19.3. The Labute approximate surface area is 153 Å². The molecule has 0 aliphatic heterocycles. The van der Waals surface area contributed by atoms with Gasteiger partial charge in [-0.3, -0.25) is 15.1 Å². The maximum atomic E-state index is 13.2. The van der Waals surface area contributed by atoms with E-state index in [1.807, 2.05) is 19.0 Å². The fraction of sp³-hybridized carbons (Fsp3) is 0.353. The number of aromatic nitrogens is 1. The third-order valence-electron chi connectivity index (χ3n) is 3.88. The van der Waals surface area contributed by atoms with Gasteiger partial charge in [0.05, 0.1) is 9.82 Å². The molecule has 0 fully saturated rings. The molecule has 0 saturated carbocycles. The number of sulfonamides is 1. The van der Waals surface area contributed by atoms with E-state index in [1.165, 1.54) is 16.4 Å². The third kappa shape index (κ3) is 4.84. The van der Waals surface area contributed by atoms with Crippen LogP contribution >= 0.6 is 0 Å². The van der Waals surface area contributed by atoms with E-state index in [2.05, 4.69) is 4.98 Å². The minimum atomic E-state index is -3.91. The van der Waals surface area contributed by atoms with Crippen LogP contribution in [0, 0.1) is 17.0 Å². The fourth-order valence-electron chi connectivity index (χ4n) is 2.41. The molecule has 8 nitrogen and oxygen atoms in total. The largest absolute Gasteiger partial charge is 0.308 e. The molecule has 0 N–H and O–H groups in total. The minimum Gasteiger partial charge on any atom is -0.308 e. The van der Waals surface area contributed by atoms with Gasteiger partial charge in [-0.25, -0.2) is 8.42 Å². The molecule has 0 atom stereocenters. The highest BCUT2D eigenvalue weighted by atomic mass is 32.2. The van der Waals surface area contributed by atoms with Crippen LogP contribution in [0.15, 0.2) is 47.6 Å². The Balaban J connectivity index is 2.44. The summed E-state index contributed by atoms with van der Waals surface area (Å²) in [6.07, 6.45) is 3.23. The molecular formula is C17H22N4O4S. The van der Waals surface area contributed by atoms with Gasteiger partial charge in [-0.2, -0.15) is 4.31 Å². The molecule has 0 saturated heterocycles. The Kier molecular flexibility index (Phi) is 6.41. The van der Waals surface area contributed by atoms with Crippen LogP contribution in [0.4, 0.5) is 5.69 Å². The molecule has 1 heterocycles. The van der Waals surface area contributed by atoms with Gasteiger partial charge in [0.15, 0.2) is 0 Å². The Bertz CT molecular complexity index is 870. The van der Waals surface area contributed by atoms with Crippen molar-refractivity contribution in [2.45, 2.75) is 18.4 Å². The lowest BCUT2D eigenvalue weighted by Crippen LogP contribution is -2.36. The van der Waals surface area contributed by atoms with Gasteiger partial charge >= 0.3 is 0 Å². The van der Waals surface area contributed by atoms with Crippen LogP contribution in [0.2, 0.25) is 0 Å². The Morgan fingerprint density at radius 1 is 1.19 bits per heavy atom. The number of benzene rings is 1. The molecular weight excluding hydrogens is 356 g/mol. The van der Waals surface area contributed by atoms with Crippen LogP contribution in [0.25, 0.3) is 0 Å². The average Bonchev–Trinajstić information content (AvgIpc) is 2.59. The van der Waals surface area contributed by atoms with Gasteiger partial charge in [0, 0.05) is 44.2 Å². The number of non-ortho nitro benzene ring substituents is 1. The van der Waals surface area contributed by atoms with Gasteiger partial charge in [0.1, 0.15) is 0 Å². The predicted molar refractivity (Wildman–Crippen MR) is 98.2 cm³/mol. The normalized spacial score (nSPS) is 11.9. The van der Waals surface area contributed by atoms with Crippen LogP contribution in [-0.4, -0.2) is 54.7 Å². The smallest absolute Gasteiger partial charge is 0.270 e. The number of pyridine rings is 1. The molecule has 0 aliphatic carbocycles. The van der Waals surface area contributed by atoms with Gasteiger partial charge in [0.2, 0.25) is 10.0 Å². The summed E-state index contributed by atoms with van der Waals surface area (Å²) >= 11 is 0. The van der Waals surface area contributed by atoms with E-state index in [9.17, 15) is 18.5 Å². The highest BCUT2D eigenvalue weighted by molar-refractivity contribution is 7.89. The zero-order valence-corrected chi connectivity index (χ0v) is 15.8. The number of likely N-dealkylation sites (N-methyl/N-ethyl adjacent to an activating group) is 1. The van der Waals surface area contributed by atoms with Crippen molar-refractivity contribution < 1.29 is 13.3 Å². The molecule has 0 unspecified atom stereocenters. The summed E-state index contributed by atoms with van der Waals surface area (Å²) in [6.45, 7) is 2.55. The summed E-state index contributed by atoms with van der Waals surface area (Å²) in [5.74, 6) is 0. The highest BCUT2D eigenvalue weighted by Crippen LogP contribution is 2.25. The van der Waals surface area contributed by atoms with Gasteiger partial charge in [-0.15, -0.1) is 0 Å². The molecule has 0 bridgehead atoms. The first kappa shape index (κ1) is 20.0. The van der Waals surface area contributed by atoms with Crippen molar-refractivity contribution in [3.05, 3.63) is 64.0 Å². The number of nitro groups is 1. The van der Waals surface area contributed by atoms with Gasteiger partial charge in [-0.05, 0) is 38.2 Å². The topological polar surface area (TPSA) is 96.6 Å². The number of hydrogen-bond donors (Lipinski definition) is 0. The molecule has 26 heavy (non-hydrogen) atoms. The van der Waals surface area contributed by atoms with Crippen molar-refractivity contribution in [3.63, 3.8) is 0 Å². The predicted octanol–water partition coefficient (Wildman–Crippen LogP) is 2.05. The van der Waals surface area contributed by atoms with Crippen LogP contribution < -0.4 is 0 Å². The van der Waals surface area contributed by atoms with Crippen LogP contribution in [-0.2, 0) is 16.6 Å². The van der Waals surface area contributed by atoms with E-state index in [4.69, 9.17) is 0 Å². The quantitative estimate of drug-likeness (QED) is 0.515. The second kappa shape index (κ2) is 8.35. The summed E-state index contributed by atoms with van der Waals surface area (Å²) in [6, 6.07) is 7.42. The van der Waals surface area contributed by atoms with E-state index >= 15 is 0 Å². The van der Waals surface area contributed by atoms with Crippen LogP contribution in [0.3, 0.4) is 0 Å². The fourth-order valence-corrected chi connectivity index (χ4v) is 4.07. The summed E-state index contributed by atoms with van der Waals surface area (Å²) in [7, 11) is -0.198. The molecule has 0 amide bonds. The zero-order valence-electron chi connectivity index (χ0n) is 15.0. The molecule has 0 radical (unpaired) electrons. The van der Waals surface area contributed by atoms with Gasteiger partial charge in [-0.1, -0.05) is 12.1 Å². The second-order valence-electron chi connectivity index (χ2n) is 6.21. The van der Waals surface area contributed by atoms with Crippen molar-refractivity contribution in [1.29, 1.82) is 0 Å². The minimum absolute atomic E-state index is 0.0469. The number of hydrogen-bond acceptors (Lipinski definition) is 6. The van der Waals surface area contributed by atoms with Crippen LogP contribution in [0.5, 0.6) is 0 Å². The van der Waals surface area contributed by atoms with E-state index in [1.54, 1.807) is 31.5 Å². The van der Waals surface area contributed by atoms with Gasteiger partial charge < -0.3 is 4.90 Å². The first-order valence-electron chi connectivity index (χ1n) is 8.00. The lowest BCUT2D eigenvalue weighted by Gasteiger charge is -2.24. The molecule has 0 aliphatic rings. The van der Waals surface area contributed by atoms with E-state index in [0.29, 0.717) is 12.1 Å². The monoisotopic (exact) mass is 378 g/mol. The molecule has 1 aromatic carbocycles. The molecule has 0 spiro atoms. The summed E-state index contributed by atoms with van der Waals surface area (Å²) in [5, 5.41) is 11.0. The number of nitro benzene ring substituents is 1. The van der Waals surface area contributed by atoms with Crippen molar-refractivity contribution in [1.82, 2.24) is 14.2 Å². The lowest BCUT2D eigenvalue weighted by atomic mass is 10.2. The van der Waals surface area contributed by atoms with E-state index < -0.39 is 14.9 Å². The number of rotatable bonds is 8. The van der Waals surface area contributed by atoms with Crippen molar-refractivity contribution in [2.24, 2.45) is 0 Å². The molecule has 1 aromatic heterocycles. The van der Waals surface area contributed by atoms with E-state index in [0.717, 1.165) is 11.6 Å². The second-order valence-corrected chi connectivity index (χ2v) is 8.12. The maximum Gasteiger partial charge on any atom is 0.270 e. The Hall–Kier alpha value is -2.36. The molecule has 2 rings (SSSR count). The standard InChI is InChI=1S/C17H22N4O4S/c1-14-6-7-16(21(22)23)11-17(14)26(24,25)20(10-9-19(2)3)13-15-5-4-8-18-12-15/h4-8,11-12H,9-10,13H2,1-3H3. The number of aryl methyl sites for hydroxylation is 1. The lowest BCUT2D eigenvalue weighted by molar-refractivity contribution is -0.385. The molecule has 2 aromatic rings. The summed E-state index contributed by atoms with van der Waals surface area (Å²) in [4.78, 5) is 16.3. The van der Waals surface area contributed by atoms with Crippen molar-refractivity contribution in [2.75, 3.05) is 27.2 Å². The Morgan fingerprint density at radius 2 is 1.92 bits per heavy atom. The first-order valence-corrected chi connectivity index (χ1v) is 9.44. The maximum absolute atomic E-state index is 13.2. The van der Waals surface area contributed by atoms with Crippen molar-refractivity contribution in [3.8, 4) is 0 Å². The molecule has 140 valence electrons. The SMILES string of the molecule is Cc1ccc([N+](=O)[O-])cc1S(=O)(=O)N(CCN(C)C)Cc1cccnc1.